The molecule has 9 fully saturated rings. The van der Waals surface area contributed by atoms with E-state index >= 15 is 0 Å². The molecule has 5 heterocycles. The van der Waals surface area contributed by atoms with Gasteiger partial charge in [0.2, 0.25) is 0 Å². The fraction of sp³-hybridized carbons (Fsp3) is 0.971. The average molecular weight is 661 g/mol. The van der Waals surface area contributed by atoms with Crippen LogP contribution in [0, 0.1) is 53.8 Å². The Kier molecular flexibility index (Phi) is 10.7. The molecule has 8 bridgehead atoms. The monoisotopic (exact) mass is 659 g/mol. The van der Waals surface area contributed by atoms with Gasteiger partial charge in [-0.05, 0) is 80.0 Å². The van der Waals surface area contributed by atoms with Crippen molar-refractivity contribution in [2.75, 3.05) is 14.1 Å². The molecule has 16 unspecified atom stereocenters. The van der Waals surface area contributed by atoms with E-state index in [1.54, 1.807) is 14.1 Å². The first kappa shape index (κ1) is 32.8. The summed E-state index contributed by atoms with van der Waals surface area (Å²) in [5.41, 5.74) is 0. The van der Waals surface area contributed by atoms with Gasteiger partial charge >= 0.3 is 19.5 Å². The smallest absolute Gasteiger partial charge is 0.668 e. The van der Waals surface area contributed by atoms with Crippen molar-refractivity contribution in [3.8, 4) is 0 Å². The third-order valence-electron chi connectivity index (χ3n) is 13.6. The fourth-order valence-electron chi connectivity index (χ4n) is 11.7. The second-order valence-electron chi connectivity index (χ2n) is 15.8. The van der Waals surface area contributed by atoms with Crippen LogP contribution in [0.1, 0.15) is 96.3 Å². The summed E-state index contributed by atoms with van der Waals surface area (Å²) in [6.45, 7) is 0. The summed E-state index contributed by atoms with van der Waals surface area (Å²) in [6, 6.07) is 0. The third kappa shape index (κ3) is 6.14. The Balaban J connectivity index is 0.000000753. The predicted octanol–water partition coefficient (Wildman–Crippen LogP) is 3.04. The van der Waals surface area contributed by atoms with Gasteiger partial charge in [-0.2, -0.15) is 20.5 Å². The van der Waals surface area contributed by atoms with Crippen LogP contribution in [0.3, 0.4) is 0 Å². The first-order chi connectivity index (χ1) is 21.2. The molecule has 16 atom stereocenters. The van der Waals surface area contributed by atoms with Gasteiger partial charge in [0.05, 0.1) is 43.2 Å². The third-order valence-corrected chi connectivity index (χ3v) is 13.6. The molecule has 0 radical (unpaired) electrons. The molecule has 4 saturated carbocycles. The summed E-state index contributed by atoms with van der Waals surface area (Å²) in [4.78, 5) is 0. The van der Waals surface area contributed by atoms with Crippen LogP contribution in [-0.4, -0.2) is 63.4 Å². The summed E-state index contributed by atoms with van der Waals surface area (Å²) < 4.78 is 0. The van der Waals surface area contributed by atoms with Crippen LogP contribution in [0.4, 0.5) is 0 Å². The molecule has 10 heteroatoms. The molecule has 5 saturated heterocycles. The molecule has 0 aromatic carbocycles. The molecular weight excluding hydrogens is 600 g/mol. The van der Waals surface area contributed by atoms with E-state index in [1.165, 1.54) is 96.3 Å². The van der Waals surface area contributed by atoms with Crippen LogP contribution in [-0.2, 0) is 19.5 Å². The van der Waals surface area contributed by atoms with Crippen LogP contribution >= 0.6 is 0 Å². The van der Waals surface area contributed by atoms with Crippen molar-refractivity contribution in [2.24, 2.45) is 47.3 Å². The molecule has 9 rings (SSSR count). The first-order valence-electron chi connectivity index (χ1n) is 18.6. The van der Waals surface area contributed by atoms with E-state index < -0.39 is 0 Å². The molecule has 4 aliphatic carbocycles. The molecule has 244 valence electrons. The molecule has 9 nitrogen and oxygen atoms in total. The van der Waals surface area contributed by atoms with Crippen molar-refractivity contribution in [2.45, 2.75) is 146 Å². The summed E-state index contributed by atoms with van der Waals surface area (Å²) in [5, 5.41) is 37.2. The summed E-state index contributed by atoms with van der Waals surface area (Å²) >= 11 is 0. The Labute approximate surface area is 280 Å². The second kappa shape index (κ2) is 14.4. The van der Waals surface area contributed by atoms with Gasteiger partial charge in [-0.3, -0.25) is 42.5 Å². The van der Waals surface area contributed by atoms with E-state index in [0.29, 0.717) is 61.2 Å². The zero-order valence-corrected chi connectivity index (χ0v) is 30.5. The van der Waals surface area contributed by atoms with Crippen molar-refractivity contribution in [3.63, 3.8) is 0 Å². The Hall–Kier alpha value is 0.263. The first-order valence-corrected chi connectivity index (χ1v) is 18.6. The van der Waals surface area contributed by atoms with Crippen molar-refractivity contribution in [1.29, 1.82) is 0 Å². The summed E-state index contributed by atoms with van der Waals surface area (Å²) in [6.07, 6.45) is 26.4. The van der Waals surface area contributed by atoms with Crippen LogP contribution < -0.4 is 42.5 Å². The van der Waals surface area contributed by atoms with E-state index in [2.05, 4.69) is 54.3 Å². The van der Waals surface area contributed by atoms with Gasteiger partial charge in [-0.1, -0.05) is 51.4 Å². The minimum Gasteiger partial charge on any atom is -0.668 e. The molecule has 44 heavy (non-hydrogen) atoms. The minimum absolute atomic E-state index is 0. The number of hydrogen-bond donors (Lipinski definition) is 8. The Morgan fingerprint density at radius 2 is 0.636 bits per heavy atom. The van der Waals surface area contributed by atoms with E-state index in [0.717, 1.165) is 35.5 Å². The predicted molar refractivity (Wildman–Crippen MR) is 172 cm³/mol. The molecule has 5 aliphatic heterocycles. The number of hydrogen-bond acceptors (Lipinski definition) is 8. The Morgan fingerprint density at radius 1 is 0.386 bits per heavy atom. The topological polar surface area (TPSA) is 110 Å². The molecule has 0 spiro atoms. The minimum atomic E-state index is 0. The van der Waals surface area contributed by atoms with E-state index in [1.807, 2.05) is 0 Å². The maximum Gasteiger partial charge on any atom is 2.00 e. The van der Waals surface area contributed by atoms with Crippen LogP contribution in [0.25, 0.3) is 5.32 Å². The van der Waals surface area contributed by atoms with Gasteiger partial charge in [-0.15, -0.1) is 5.92 Å². The largest absolute Gasteiger partial charge is 2.00 e. The quantitative estimate of drug-likeness (QED) is 0.148. The maximum atomic E-state index is 4.25. The molecule has 0 aromatic heterocycles. The van der Waals surface area contributed by atoms with Crippen molar-refractivity contribution in [1.82, 2.24) is 42.5 Å². The molecular formula is C34H61N9Zn. The van der Waals surface area contributed by atoms with Crippen LogP contribution in [0.5, 0.6) is 0 Å². The number of rotatable bonds is 0. The average Bonchev–Trinajstić information content (AvgIpc) is 3.77. The standard InChI is InChI=1S/C32H55N8.C2H6N.Zn/c1-2-10-18-17(9-1)25-33-26(18)38-28-21-13-5-6-14-22(21)30(35-28)40-32-24-16-8-7-15-23(24)31(36-32)39-29-20-12-4-3-11-19(20)27(34-29)37-25;1-3-2;/h9,17-40H,1-8,10-16H2;1-2H3;/q2*-1;+2. The zero-order valence-electron chi connectivity index (χ0n) is 27.6. The van der Waals surface area contributed by atoms with Gasteiger partial charge in [0.1, 0.15) is 0 Å². The van der Waals surface area contributed by atoms with Crippen molar-refractivity contribution < 1.29 is 19.5 Å². The van der Waals surface area contributed by atoms with Crippen molar-refractivity contribution >= 4 is 0 Å². The van der Waals surface area contributed by atoms with Gasteiger partial charge in [0.25, 0.3) is 0 Å². The van der Waals surface area contributed by atoms with E-state index in [9.17, 15) is 0 Å². The van der Waals surface area contributed by atoms with E-state index in [4.69, 9.17) is 0 Å². The maximum absolute atomic E-state index is 4.25. The Bertz CT molecular complexity index is 734. The summed E-state index contributed by atoms with van der Waals surface area (Å²) in [7, 11) is 3.50. The number of nitrogens with one attached hydrogen (secondary N) is 8. The molecule has 9 aliphatic rings. The molecule has 0 amide bonds. The fourth-order valence-corrected chi connectivity index (χ4v) is 11.7. The van der Waals surface area contributed by atoms with Crippen molar-refractivity contribution in [3.05, 3.63) is 11.7 Å². The van der Waals surface area contributed by atoms with Crippen LogP contribution in [0.15, 0.2) is 0 Å². The van der Waals surface area contributed by atoms with Gasteiger partial charge in [0, 0.05) is 6.17 Å². The molecule has 0 aromatic rings. The SMILES string of the molecule is C[N-]C.[CH-]1CCCC2C3NC(NC4NC(NC5NC(NC6NC(N3)C3CCCCC63)C3CCCCC53)C3CCCCC43)C12.[Zn+2]. The number of nitrogens with zero attached hydrogens (tertiary/aromatic N) is 1. The molecule has 8 N–H and O–H groups in total. The Morgan fingerprint density at radius 3 is 0.955 bits per heavy atom. The number of fused-ring (bicyclic) bond motifs is 20. The normalized spacial score (nSPS) is 52.8. The van der Waals surface area contributed by atoms with E-state index in [-0.39, 0.29) is 19.5 Å². The van der Waals surface area contributed by atoms with Crippen LogP contribution in [0.2, 0.25) is 0 Å². The second-order valence-corrected chi connectivity index (χ2v) is 15.8. The summed E-state index contributed by atoms with van der Waals surface area (Å²) in [5.74, 6) is 5.74. The van der Waals surface area contributed by atoms with Gasteiger partial charge in [-0.25, -0.2) is 0 Å². The zero-order chi connectivity index (χ0) is 28.9. The van der Waals surface area contributed by atoms with Gasteiger partial charge in [0.15, 0.2) is 0 Å². The van der Waals surface area contributed by atoms with Gasteiger partial charge < -0.3 is 11.7 Å².